The Hall–Kier alpha value is -7.06. The van der Waals surface area contributed by atoms with E-state index in [1.807, 2.05) is 66.7 Å². The van der Waals surface area contributed by atoms with Gasteiger partial charge in [0.15, 0.2) is 20.5 Å². The van der Waals surface area contributed by atoms with Gasteiger partial charge in [-0.1, -0.05) is 72.8 Å². The molecule has 0 saturated carbocycles. The van der Waals surface area contributed by atoms with E-state index in [2.05, 4.69) is 9.97 Å². The molecule has 0 amide bonds. The Bertz CT molecular complexity index is 2890. The second kappa shape index (κ2) is 19.3. The van der Waals surface area contributed by atoms with Crippen LogP contribution in [-0.4, -0.2) is 45.1 Å². The smallest absolute Gasteiger partial charge is 0.335 e. The lowest BCUT2D eigenvalue weighted by Gasteiger charge is -2.12. The number of rotatable bonds is 14. The Labute approximate surface area is 355 Å². The van der Waals surface area contributed by atoms with Crippen molar-refractivity contribution < 1.29 is 42.2 Å². The molecule has 306 valence electrons. The summed E-state index contributed by atoms with van der Waals surface area (Å²) in [6.07, 6.45) is 0. The number of fused-ring (bicyclic) bond motifs is 2. The van der Waals surface area contributed by atoms with E-state index in [4.69, 9.17) is 19.7 Å². The summed E-state index contributed by atoms with van der Waals surface area (Å²) in [4.78, 5) is 31.7. The molecule has 0 saturated heterocycles. The molecule has 11 nitrogen and oxygen atoms in total. The zero-order chi connectivity index (χ0) is 42.8. The predicted molar refractivity (Wildman–Crippen MR) is 233 cm³/mol. The minimum absolute atomic E-state index is 0.187. The Balaban J connectivity index is 0.000000184. The molecule has 2 aromatic heterocycles. The molecule has 0 bridgehead atoms. The lowest BCUT2D eigenvalue weighted by Crippen LogP contribution is -2.06. The van der Waals surface area contributed by atoms with Crippen molar-refractivity contribution in [2.75, 3.05) is 0 Å². The van der Waals surface area contributed by atoms with Crippen LogP contribution in [0.5, 0.6) is 11.5 Å². The van der Waals surface area contributed by atoms with Gasteiger partial charge in [-0.05, 0) is 119 Å². The molecule has 2 heterocycles. The van der Waals surface area contributed by atoms with Crippen molar-refractivity contribution >= 4 is 54.8 Å². The van der Waals surface area contributed by atoms with E-state index in [1.54, 1.807) is 78.9 Å². The average Bonchev–Trinajstić information content (AvgIpc) is 3.28. The lowest BCUT2D eigenvalue weighted by molar-refractivity contribution is 0.0686. The van der Waals surface area contributed by atoms with Crippen LogP contribution in [0, 0.1) is 0 Å². The molecule has 0 aliphatic rings. The van der Waals surface area contributed by atoms with Gasteiger partial charge < -0.3 is 24.2 Å². The molecule has 0 fully saturated rings. The van der Waals surface area contributed by atoms with E-state index in [-0.39, 0.29) is 28.4 Å². The van der Waals surface area contributed by atoms with E-state index in [0.29, 0.717) is 34.4 Å². The van der Waals surface area contributed by atoms with Gasteiger partial charge in [-0.25, -0.2) is 23.0 Å². The van der Waals surface area contributed by atoms with Crippen LogP contribution in [0.15, 0.2) is 180 Å². The lowest BCUT2D eigenvalue weighted by atomic mass is 10.1. The van der Waals surface area contributed by atoms with Crippen molar-refractivity contribution in [3.63, 3.8) is 0 Å². The van der Waals surface area contributed by atoms with Crippen molar-refractivity contribution in [1.82, 2.24) is 9.97 Å². The Kier molecular flexibility index (Phi) is 13.3. The summed E-state index contributed by atoms with van der Waals surface area (Å²) in [6, 6.07) is 49.2. The molecule has 0 radical (unpaired) electrons. The van der Waals surface area contributed by atoms with Crippen molar-refractivity contribution in [2.24, 2.45) is 0 Å². The number of carbonyl (C=O) groups is 2. The maximum absolute atomic E-state index is 12.8. The molecular formula is C48H38N2O9S2. The first-order valence-electron chi connectivity index (χ1n) is 18.9. The second-order valence-corrected chi connectivity index (χ2v) is 17.2. The van der Waals surface area contributed by atoms with Crippen LogP contribution in [0.1, 0.15) is 43.2 Å². The van der Waals surface area contributed by atoms with Crippen LogP contribution in [0.25, 0.3) is 21.8 Å². The van der Waals surface area contributed by atoms with Gasteiger partial charge in [-0.2, -0.15) is 0 Å². The second-order valence-electron chi connectivity index (χ2n) is 13.8. The average molecular weight is 851 g/mol. The third kappa shape index (κ3) is 11.4. The minimum atomic E-state index is -3.55. The Morgan fingerprint density at radius 2 is 0.984 bits per heavy atom. The fourth-order valence-corrected chi connectivity index (χ4v) is 8.43. The standard InChI is InChI=1S/C24H19NO5S.C24H19NO4S/c26-24(27)19-7-5-17(6-8-19)15-30-21-11-13-22(14-12-21)31(28,29)16-20-10-9-18-3-1-2-4-23(18)25-20;26-24(27)19-7-5-17(6-8-19)15-29-21-11-13-22(14-12-21)30(28)16-20-10-9-18-3-1-2-4-23(18)25-20/h1-14H,15-16H2,(H,26,27);1-14H,15-16H2,(H,26,27). The molecule has 1 atom stereocenters. The molecule has 0 aliphatic carbocycles. The molecule has 6 aromatic carbocycles. The largest absolute Gasteiger partial charge is 0.611 e. The zero-order valence-corrected chi connectivity index (χ0v) is 34.1. The maximum atomic E-state index is 12.8. The molecule has 0 aliphatic heterocycles. The number of para-hydroxylation sites is 2. The Morgan fingerprint density at radius 3 is 1.48 bits per heavy atom. The summed E-state index contributed by atoms with van der Waals surface area (Å²) in [5.74, 6) is -0.602. The SMILES string of the molecule is O=C(O)c1ccc(COc2ccc(S(=O)(=O)Cc3ccc4ccccc4n3)cc2)cc1.O=C(O)c1ccc(COc2ccc([S+]([O-])Cc3ccc4ccccc4n3)cc2)cc1. The van der Waals surface area contributed by atoms with E-state index < -0.39 is 33.0 Å². The summed E-state index contributed by atoms with van der Waals surface area (Å²) >= 11 is -1.21. The third-order valence-corrected chi connectivity index (χ3v) is 12.4. The van der Waals surface area contributed by atoms with Crippen LogP contribution >= 0.6 is 0 Å². The number of hydrogen-bond donors (Lipinski definition) is 2. The molecule has 1 unspecified atom stereocenters. The van der Waals surface area contributed by atoms with Crippen LogP contribution in [0.3, 0.4) is 0 Å². The molecule has 61 heavy (non-hydrogen) atoms. The monoisotopic (exact) mass is 850 g/mol. The quantitative estimate of drug-likeness (QED) is 0.0998. The number of carboxylic acid groups (broad SMARTS) is 2. The number of aromatic carboxylic acids is 2. The number of aromatic nitrogens is 2. The molecular weight excluding hydrogens is 813 g/mol. The highest BCUT2D eigenvalue weighted by atomic mass is 32.2. The number of ether oxygens (including phenoxy) is 2. The first-order chi connectivity index (χ1) is 29.5. The number of sulfone groups is 1. The van der Waals surface area contributed by atoms with Crippen molar-refractivity contribution in [2.45, 2.75) is 34.5 Å². The highest BCUT2D eigenvalue weighted by molar-refractivity contribution is 7.91. The highest BCUT2D eigenvalue weighted by Gasteiger charge is 2.17. The minimum Gasteiger partial charge on any atom is -0.611 e. The number of carboxylic acids is 2. The first kappa shape index (κ1) is 42.1. The van der Waals surface area contributed by atoms with Crippen molar-refractivity contribution in [3.8, 4) is 11.5 Å². The predicted octanol–water partition coefficient (Wildman–Crippen LogP) is 9.31. The molecule has 13 heteroatoms. The van der Waals surface area contributed by atoms with E-state index in [9.17, 15) is 22.6 Å². The maximum Gasteiger partial charge on any atom is 0.335 e. The fourth-order valence-electron chi connectivity index (χ4n) is 6.12. The van der Waals surface area contributed by atoms with Crippen LogP contribution in [0.4, 0.5) is 0 Å². The van der Waals surface area contributed by atoms with Gasteiger partial charge in [0.1, 0.15) is 24.7 Å². The van der Waals surface area contributed by atoms with Crippen molar-refractivity contribution in [3.05, 3.63) is 203 Å². The van der Waals surface area contributed by atoms with Crippen molar-refractivity contribution in [1.29, 1.82) is 0 Å². The first-order valence-corrected chi connectivity index (χ1v) is 21.9. The summed E-state index contributed by atoms with van der Waals surface area (Å²) in [5, 5.41) is 19.9. The van der Waals surface area contributed by atoms with Gasteiger partial charge in [0, 0.05) is 10.8 Å². The van der Waals surface area contributed by atoms with E-state index in [0.717, 1.165) is 38.6 Å². The van der Waals surface area contributed by atoms with Crippen LogP contribution in [0.2, 0.25) is 0 Å². The fraction of sp³-hybridized carbons (Fsp3) is 0.0833. The van der Waals surface area contributed by atoms with Gasteiger partial charge in [0.25, 0.3) is 0 Å². The molecule has 8 aromatic rings. The van der Waals surface area contributed by atoms with E-state index >= 15 is 0 Å². The number of pyridine rings is 2. The number of hydrogen-bond acceptors (Lipinski definition) is 9. The number of benzene rings is 6. The Morgan fingerprint density at radius 1 is 0.541 bits per heavy atom. The van der Waals surface area contributed by atoms with Crippen LogP contribution < -0.4 is 9.47 Å². The van der Waals surface area contributed by atoms with Gasteiger partial charge in [-0.3, -0.25) is 4.98 Å². The zero-order valence-electron chi connectivity index (χ0n) is 32.5. The molecule has 8 rings (SSSR count). The third-order valence-electron chi connectivity index (χ3n) is 9.41. The molecule has 0 spiro atoms. The summed E-state index contributed by atoms with van der Waals surface area (Å²) in [7, 11) is -3.55. The number of nitrogens with zero attached hydrogens (tertiary/aromatic N) is 2. The van der Waals surface area contributed by atoms with Gasteiger partial charge in [0.2, 0.25) is 0 Å². The highest BCUT2D eigenvalue weighted by Crippen LogP contribution is 2.24. The van der Waals surface area contributed by atoms with Gasteiger partial charge >= 0.3 is 11.9 Å². The summed E-state index contributed by atoms with van der Waals surface area (Å²) < 4.78 is 49.7. The van der Waals surface area contributed by atoms with Gasteiger partial charge in [-0.15, -0.1) is 0 Å². The summed E-state index contributed by atoms with van der Waals surface area (Å²) in [5.41, 5.74) is 5.06. The normalized spacial score (nSPS) is 11.6. The molecule has 2 N–H and O–H groups in total. The van der Waals surface area contributed by atoms with E-state index in [1.165, 1.54) is 24.3 Å². The van der Waals surface area contributed by atoms with Crippen LogP contribution in [-0.2, 0) is 45.7 Å². The van der Waals surface area contributed by atoms with Gasteiger partial charge in [0.05, 0.1) is 44.2 Å². The summed E-state index contributed by atoms with van der Waals surface area (Å²) in [6.45, 7) is 0.566. The topological polar surface area (TPSA) is 176 Å².